The third kappa shape index (κ3) is 2.37. The Morgan fingerprint density at radius 3 is 2.17 bits per heavy atom. The Bertz CT molecular complexity index is 472. The monoisotopic (exact) mass is 247 g/mol. The van der Waals surface area contributed by atoms with Crippen molar-refractivity contribution in [1.82, 2.24) is 5.32 Å². The number of carboxylic acid groups (broad SMARTS) is 1. The topological polar surface area (TPSA) is 66.4 Å². The average Bonchev–Trinajstić information content (AvgIpc) is 3.10. The van der Waals surface area contributed by atoms with E-state index in [-0.39, 0.29) is 5.91 Å². The van der Waals surface area contributed by atoms with Crippen LogP contribution in [0.2, 0.25) is 0 Å². The van der Waals surface area contributed by atoms with E-state index in [1.165, 1.54) is 0 Å². The number of aliphatic carboxylic acids is 1. The SMILES string of the molecule is CC(C)c1ccc(C(=O)NC2(C(=O)O)CC2)cc1. The van der Waals surface area contributed by atoms with E-state index in [1.807, 2.05) is 12.1 Å². The van der Waals surface area contributed by atoms with Crippen molar-refractivity contribution in [2.45, 2.75) is 38.1 Å². The fourth-order valence-electron chi connectivity index (χ4n) is 1.83. The predicted octanol–water partition coefficient (Wildman–Crippen LogP) is 2.16. The summed E-state index contributed by atoms with van der Waals surface area (Å²) in [5, 5.41) is 11.6. The van der Waals surface area contributed by atoms with Gasteiger partial charge in [0.15, 0.2) is 0 Å². The van der Waals surface area contributed by atoms with Crippen LogP contribution in [0.15, 0.2) is 24.3 Å². The minimum Gasteiger partial charge on any atom is -0.480 e. The van der Waals surface area contributed by atoms with E-state index < -0.39 is 11.5 Å². The van der Waals surface area contributed by atoms with Crippen LogP contribution < -0.4 is 5.32 Å². The Labute approximate surface area is 106 Å². The van der Waals surface area contributed by atoms with E-state index in [2.05, 4.69) is 19.2 Å². The fourth-order valence-corrected chi connectivity index (χ4v) is 1.83. The molecule has 1 saturated carbocycles. The molecule has 1 aromatic rings. The number of carbonyl (C=O) groups excluding carboxylic acids is 1. The molecule has 4 heteroatoms. The second-order valence-corrected chi connectivity index (χ2v) is 5.12. The molecule has 1 amide bonds. The Kier molecular flexibility index (Phi) is 3.11. The molecule has 0 aromatic heterocycles. The first-order valence-corrected chi connectivity index (χ1v) is 6.10. The molecular weight excluding hydrogens is 230 g/mol. The zero-order valence-electron chi connectivity index (χ0n) is 10.6. The second kappa shape index (κ2) is 4.44. The minimum atomic E-state index is -1.02. The molecule has 2 rings (SSSR count). The van der Waals surface area contributed by atoms with Gasteiger partial charge in [0.05, 0.1) is 0 Å². The van der Waals surface area contributed by atoms with Gasteiger partial charge in [0.25, 0.3) is 5.91 Å². The van der Waals surface area contributed by atoms with Gasteiger partial charge >= 0.3 is 5.97 Å². The highest BCUT2D eigenvalue weighted by atomic mass is 16.4. The largest absolute Gasteiger partial charge is 0.480 e. The molecule has 1 fully saturated rings. The Morgan fingerprint density at radius 1 is 1.22 bits per heavy atom. The summed E-state index contributed by atoms with van der Waals surface area (Å²) in [4.78, 5) is 22.9. The van der Waals surface area contributed by atoms with Gasteiger partial charge in [-0.05, 0) is 36.5 Å². The van der Waals surface area contributed by atoms with Crippen molar-refractivity contribution >= 4 is 11.9 Å². The van der Waals surface area contributed by atoms with E-state index in [1.54, 1.807) is 12.1 Å². The molecule has 18 heavy (non-hydrogen) atoms. The molecule has 1 aliphatic carbocycles. The lowest BCUT2D eigenvalue weighted by atomic mass is 10.0. The van der Waals surface area contributed by atoms with Crippen molar-refractivity contribution in [3.8, 4) is 0 Å². The van der Waals surface area contributed by atoms with E-state index in [0.29, 0.717) is 24.3 Å². The van der Waals surface area contributed by atoms with Crippen LogP contribution in [0.25, 0.3) is 0 Å². The Balaban J connectivity index is 2.08. The van der Waals surface area contributed by atoms with Gasteiger partial charge in [-0.25, -0.2) is 4.79 Å². The molecule has 0 heterocycles. The number of hydrogen-bond acceptors (Lipinski definition) is 2. The maximum atomic E-state index is 11.9. The molecule has 0 spiro atoms. The van der Waals surface area contributed by atoms with Crippen LogP contribution in [-0.4, -0.2) is 22.5 Å². The third-order valence-corrected chi connectivity index (χ3v) is 3.35. The lowest BCUT2D eigenvalue weighted by Crippen LogP contribution is -2.43. The Morgan fingerprint density at radius 2 is 1.78 bits per heavy atom. The van der Waals surface area contributed by atoms with Crippen molar-refractivity contribution in [1.29, 1.82) is 0 Å². The highest BCUT2D eigenvalue weighted by Gasteiger charge is 2.51. The standard InChI is InChI=1S/C14H17NO3/c1-9(2)10-3-5-11(6-4-10)12(16)15-14(7-8-14)13(17)18/h3-6,9H,7-8H2,1-2H3,(H,15,16)(H,17,18). The first kappa shape index (κ1) is 12.6. The Hall–Kier alpha value is -1.84. The van der Waals surface area contributed by atoms with Crippen LogP contribution in [0.1, 0.15) is 48.5 Å². The van der Waals surface area contributed by atoms with Gasteiger partial charge in [-0.2, -0.15) is 0 Å². The zero-order chi connectivity index (χ0) is 13.3. The first-order chi connectivity index (χ1) is 8.44. The average molecular weight is 247 g/mol. The van der Waals surface area contributed by atoms with Crippen LogP contribution in [0.5, 0.6) is 0 Å². The van der Waals surface area contributed by atoms with Crippen LogP contribution in [0.3, 0.4) is 0 Å². The lowest BCUT2D eigenvalue weighted by molar-refractivity contribution is -0.140. The number of carbonyl (C=O) groups is 2. The van der Waals surface area contributed by atoms with E-state index in [4.69, 9.17) is 5.11 Å². The van der Waals surface area contributed by atoms with Gasteiger partial charge in [-0.1, -0.05) is 26.0 Å². The van der Waals surface area contributed by atoms with Crippen molar-refractivity contribution in [3.05, 3.63) is 35.4 Å². The summed E-state index contributed by atoms with van der Waals surface area (Å²) >= 11 is 0. The number of rotatable bonds is 4. The van der Waals surface area contributed by atoms with Crippen molar-refractivity contribution in [2.75, 3.05) is 0 Å². The first-order valence-electron chi connectivity index (χ1n) is 6.10. The summed E-state index contributed by atoms with van der Waals surface area (Å²) in [5.41, 5.74) is 0.645. The minimum absolute atomic E-state index is 0.315. The summed E-state index contributed by atoms with van der Waals surface area (Å²) < 4.78 is 0. The van der Waals surface area contributed by atoms with Gasteiger partial charge in [0.2, 0.25) is 0 Å². The van der Waals surface area contributed by atoms with Crippen molar-refractivity contribution in [3.63, 3.8) is 0 Å². The number of carboxylic acids is 1. The van der Waals surface area contributed by atoms with Gasteiger partial charge in [0.1, 0.15) is 5.54 Å². The van der Waals surface area contributed by atoms with Crippen molar-refractivity contribution < 1.29 is 14.7 Å². The summed E-state index contributed by atoms with van der Waals surface area (Å²) in [6.07, 6.45) is 1.02. The quantitative estimate of drug-likeness (QED) is 0.856. The smallest absolute Gasteiger partial charge is 0.329 e. The van der Waals surface area contributed by atoms with Gasteiger partial charge in [-0.15, -0.1) is 0 Å². The van der Waals surface area contributed by atoms with Crippen LogP contribution in [0.4, 0.5) is 0 Å². The van der Waals surface area contributed by atoms with Gasteiger partial charge in [0, 0.05) is 5.56 Å². The molecule has 1 aliphatic rings. The van der Waals surface area contributed by atoms with E-state index in [9.17, 15) is 9.59 Å². The molecule has 0 aliphatic heterocycles. The number of amides is 1. The van der Waals surface area contributed by atoms with Crippen molar-refractivity contribution in [2.24, 2.45) is 0 Å². The summed E-state index contributed by atoms with van der Waals surface area (Å²) in [6, 6.07) is 7.28. The fraction of sp³-hybridized carbons (Fsp3) is 0.429. The maximum Gasteiger partial charge on any atom is 0.329 e. The van der Waals surface area contributed by atoms with Crippen LogP contribution >= 0.6 is 0 Å². The number of benzene rings is 1. The molecular formula is C14H17NO3. The highest BCUT2D eigenvalue weighted by molar-refractivity contribution is 5.98. The molecule has 0 unspecified atom stereocenters. The molecule has 2 N–H and O–H groups in total. The normalized spacial score (nSPS) is 16.4. The van der Waals surface area contributed by atoms with Gasteiger partial charge < -0.3 is 10.4 Å². The summed E-state index contributed by atoms with van der Waals surface area (Å²) in [7, 11) is 0. The van der Waals surface area contributed by atoms with Gasteiger partial charge in [-0.3, -0.25) is 4.79 Å². The summed E-state index contributed by atoms with van der Waals surface area (Å²) in [6.45, 7) is 4.16. The number of hydrogen-bond donors (Lipinski definition) is 2. The maximum absolute atomic E-state index is 11.9. The lowest BCUT2D eigenvalue weighted by Gasteiger charge is -2.13. The second-order valence-electron chi connectivity index (χ2n) is 5.12. The predicted molar refractivity (Wildman–Crippen MR) is 67.6 cm³/mol. The molecule has 4 nitrogen and oxygen atoms in total. The van der Waals surface area contributed by atoms with Crippen LogP contribution in [-0.2, 0) is 4.79 Å². The van der Waals surface area contributed by atoms with E-state index >= 15 is 0 Å². The molecule has 96 valence electrons. The number of nitrogens with one attached hydrogen (secondary N) is 1. The van der Waals surface area contributed by atoms with E-state index in [0.717, 1.165) is 5.56 Å². The molecule has 0 atom stereocenters. The highest BCUT2D eigenvalue weighted by Crippen LogP contribution is 2.35. The molecule has 0 saturated heterocycles. The molecule has 0 radical (unpaired) electrons. The third-order valence-electron chi connectivity index (χ3n) is 3.35. The van der Waals surface area contributed by atoms with Crippen LogP contribution in [0, 0.1) is 0 Å². The molecule has 0 bridgehead atoms. The molecule has 1 aromatic carbocycles. The zero-order valence-corrected chi connectivity index (χ0v) is 10.6. The summed E-state index contributed by atoms with van der Waals surface area (Å²) in [5.74, 6) is -0.851.